The summed E-state index contributed by atoms with van der Waals surface area (Å²) < 4.78 is 64.6. The van der Waals surface area contributed by atoms with Gasteiger partial charge in [0.15, 0.2) is 0 Å². The lowest BCUT2D eigenvalue weighted by atomic mass is 10.1. The first-order valence-corrected chi connectivity index (χ1v) is 5.72. The lowest BCUT2D eigenvalue weighted by molar-refractivity contribution is -0.136. The first-order valence-electron chi connectivity index (χ1n) is 5.72. The van der Waals surface area contributed by atoms with Gasteiger partial charge in [-0.15, -0.1) is 0 Å². The third-order valence-electron chi connectivity index (χ3n) is 2.71. The van der Waals surface area contributed by atoms with E-state index < -0.39 is 23.4 Å². The standard InChI is InChI=1S/C14H10F5N/c15-10-5-6-12(16)9(7-10)8-20-13-4-2-1-3-11(13)14(17,18)19/h1-7,20H,8H2. The molecule has 0 heterocycles. The van der Waals surface area contributed by atoms with Crippen LogP contribution in [-0.4, -0.2) is 0 Å². The first kappa shape index (κ1) is 14.3. The van der Waals surface area contributed by atoms with E-state index in [-0.39, 0.29) is 17.8 Å². The fraction of sp³-hybridized carbons (Fsp3) is 0.143. The van der Waals surface area contributed by atoms with Crippen molar-refractivity contribution in [1.29, 1.82) is 0 Å². The highest BCUT2D eigenvalue weighted by molar-refractivity contribution is 5.52. The molecule has 0 aliphatic heterocycles. The van der Waals surface area contributed by atoms with E-state index in [0.29, 0.717) is 0 Å². The number of benzene rings is 2. The van der Waals surface area contributed by atoms with E-state index in [4.69, 9.17) is 0 Å². The molecule has 106 valence electrons. The summed E-state index contributed by atoms with van der Waals surface area (Å²) >= 11 is 0. The Morgan fingerprint density at radius 2 is 1.65 bits per heavy atom. The van der Waals surface area contributed by atoms with E-state index in [9.17, 15) is 22.0 Å². The van der Waals surface area contributed by atoms with Crippen molar-refractivity contribution < 1.29 is 22.0 Å². The molecule has 1 nitrogen and oxygen atoms in total. The number of hydrogen-bond acceptors (Lipinski definition) is 1. The molecule has 0 aliphatic rings. The Morgan fingerprint density at radius 3 is 2.35 bits per heavy atom. The minimum atomic E-state index is -4.51. The Balaban J connectivity index is 2.21. The highest BCUT2D eigenvalue weighted by Crippen LogP contribution is 2.34. The van der Waals surface area contributed by atoms with Crippen molar-refractivity contribution in [3.8, 4) is 0 Å². The average Bonchev–Trinajstić information content (AvgIpc) is 2.39. The largest absolute Gasteiger partial charge is 0.418 e. The number of hydrogen-bond donors (Lipinski definition) is 1. The molecule has 20 heavy (non-hydrogen) atoms. The van der Waals surface area contributed by atoms with Crippen LogP contribution in [0.2, 0.25) is 0 Å². The minimum Gasteiger partial charge on any atom is -0.380 e. The van der Waals surface area contributed by atoms with Crippen molar-refractivity contribution in [2.45, 2.75) is 12.7 Å². The Morgan fingerprint density at radius 1 is 0.950 bits per heavy atom. The second-order valence-corrected chi connectivity index (χ2v) is 4.13. The molecule has 0 amide bonds. The van der Waals surface area contributed by atoms with Gasteiger partial charge in [0.2, 0.25) is 0 Å². The lowest BCUT2D eigenvalue weighted by Crippen LogP contribution is -2.11. The molecule has 0 bridgehead atoms. The van der Waals surface area contributed by atoms with Gasteiger partial charge in [-0.05, 0) is 30.3 Å². The number of rotatable bonds is 3. The molecule has 0 aliphatic carbocycles. The maximum absolute atomic E-state index is 13.4. The Labute approximate surface area is 112 Å². The quantitative estimate of drug-likeness (QED) is 0.814. The van der Waals surface area contributed by atoms with Gasteiger partial charge in [0.05, 0.1) is 5.56 Å². The summed E-state index contributed by atoms with van der Waals surface area (Å²) in [6, 6.07) is 7.67. The van der Waals surface area contributed by atoms with Crippen LogP contribution < -0.4 is 5.32 Å². The van der Waals surface area contributed by atoms with Gasteiger partial charge in [0.25, 0.3) is 0 Å². The summed E-state index contributed by atoms with van der Waals surface area (Å²) in [5.74, 6) is -1.32. The zero-order valence-electron chi connectivity index (χ0n) is 10.1. The van der Waals surface area contributed by atoms with Crippen LogP contribution in [0.1, 0.15) is 11.1 Å². The first-order chi connectivity index (χ1) is 9.38. The van der Waals surface area contributed by atoms with Crippen LogP contribution in [0.25, 0.3) is 0 Å². The Hall–Kier alpha value is -2.11. The van der Waals surface area contributed by atoms with Gasteiger partial charge >= 0.3 is 6.18 Å². The average molecular weight is 287 g/mol. The fourth-order valence-corrected chi connectivity index (χ4v) is 1.75. The SMILES string of the molecule is Fc1ccc(F)c(CNc2ccccc2C(F)(F)F)c1. The number of para-hydroxylation sites is 1. The fourth-order valence-electron chi connectivity index (χ4n) is 1.75. The van der Waals surface area contributed by atoms with Crippen molar-refractivity contribution in [3.63, 3.8) is 0 Å². The van der Waals surface area contributed by atoms with Crippen LogP contribution >= 0.6 is 0 Å². The van der Waals surface area contributed by atoms with Gasteiger partial charge in [0.1, 0.15) is 11.6 Å². The third kappa shape index (κ3) is 3.26. The van der Waals surface area contributed by atoms with E-state index in [0.717, 1.165) is 24.3 Å². The second kappa shape index (κ2) is 5.48. The van der Waals surface area contributed by atoms with Crippen molar-refractivity contribution in [2.24, 2.45) is 0 Å². The highest BCUT2D eigenvalue weighted by atomic mass is 19.4. The summed E-state index contributed by atoms with van der Waals surface area (Å²) in [7, 11) is 0. The lowest BCUT2D eigenvalue weighted by Gasteiger charge is -2.14. The molecular weight excluding hydrogens is 277 g/mol. The summed E-state index contributed by atoms with van der Waals surface area (Å²) in [4.78, 5) is 0. The maximum Gasteiger partial charge on any atom is 0.418 e. The molecule has 0 saturated carbocycles. The van der Waals surface area contributed by atoms with Crippen LogP contribution in [0.5, 0.6) is 0 Å². The highest BCUT2D eigenvalue weighted by Gasteiger charge is 2.33. The maximum atomic E-state index is 13.4. The van der Waals surface area contributed by atoms with Crippen molar-refractivity contribution in [3.05, 3.63) is 65.2 Å². The predicted molar refractivity (Wildman–Crippen MR) is 65.1 cm³/mol. The van der Waals surface area contributed by atoms with E-state index in [1.165, 1.54) is 18.2 Å². The molecule has 0 fully saturated rings. The Kier molecular flexibility index (Phi) is 3.92. The van der Waals surface area contributed by atoms with Gasteiger partial charge in [0, 0.05) is 17.8 Å². The predicted octanol–water partition coefficient (Wildman–Crippen LogP) is 4.60. The van der Waals surface area contributed by atoms with Gasteiger partial charge in [-0.3, -0.25) is 0 Å². The minimum absolute atomic E-state index is 0.0398. The normalized spacial score (nSPS) is 11.4. The monoisotopic (exact) mass is 287 g/mol. The van der Waals surface area contributed by atoms with Crippen molar-refractivity contribution in [2.75, 3.05) is 5.32 Å². The Bertz CT molecular complexity index is 607. The van der Waals surface area contributed by atoms with Gasteiger partial charge in [-0.2, -0.15) is 13.2 Å². The molecular formula is C14H10F5N. The van der Waals surface area contributed by atoms with Crippen molar-refractivity contribution >= 4 is 5.69 Å². The molecule has 0 radical (unpaired) electrons. The molecule has 0 atom stereocenters. The molecule has 6 heteroatoms. The molecule has 0 saturated heterocycles. The number of alkyl halides is 3. The number of nitrogens with one attached hydrogen (secondary N) is 1. The van der Waals surface area contributed by atoms with E-state index >= 15 is 0 Å². The van der Waals surface area contributed by atoms with E-state index in [1.807, 2.05) is 0 Å². The zero-order valence-corrected chi connectivity index (χ0v) is 10.1. The summed E-state index contributed by atoms with van der Waals surface area (Å²) in [6.45, 7) is -0.239. The molecule has 2 aromatic rings. The molecule has 2 rings (SSSR count). The topological polar surface area (TPSA) is 12.0 Å². The van der Waals surface area contributed by atoms with Crippen LogP contribution in [0.15, 0.2) is 42.5 Å². The molecule has 0 aromatic heterocycles. The molecule has 1 N–H and O–H groups in total. The molecule has 2 aromatic carbocycles. The summed E-state index contributed by atoms with van der Waals surface area (Å²) in [6.07, 6.45) is -4.51. The molecule has 0 spiro atoms. The van der Waals surface area contributed by atoms with Crippen LogP contribution in [-0.2, 0) is 12.7 Å². The van der Waals surface area contributed by atoms with E-state index in [1.54, 1.807) is 0 Å². The van der Waals surface area contributed by atoms with Crippen LogP contribution in [0, 0.1) is 11.6 Å². The zero-order chi connectivity index (χ0) is 14.8. The van der Waals surface area contributed by atoms with Crippen LogP contribution in [0.4, 0.5) is 27.6 Å². The van der Waals surface area contributed by atoms with E-state index in [2.05, 4.69) is 5.32 Å². The summed E-state index contributed by atoms with van der Waals surface area (Å²) in [5, 5.41) is 2.48. The second-order valence-electron chi connectivity index (χ2n) is 4.13. The smallest absolute Gasteiger partial charge is 0.380 e. The van der Waals surface area contributed by atoms with Crippen LogP contribution in [0.3, 0.4) is 0 Å². The van der Waals surface area contributed by atoms with Crippen molar-refractivity contribution in [1.82, 2.24) is 0 Å². The third-order valence-corrected chi connectivity index (χ3v) is 2.71. The van der Waals surface area contributed by atoms with Gasteiger partial charge in [-0.25, -0.2) is 8.78 Å². The van der Waals surface area contributed by atoms with Gasteiger partial charge in [-0.1, -0.05) is 12.1 Å². The summed E-state index contributed by atoms with van der Waals surface area (Å²) in [5.41, 5.74) is -1.07. The van der Waals surface area contributed by atoms with Gasteiger partial charge < -0.3 is 5.32 Å². The number of halogens is 5. The molecule has 0 unspecified atom stereocenters. The number of anilines is 1.